The Morgan fingerprint density at radius 1 is 1.50 bits per heavy atom. The average molecular weight is 200 g/mol. The molecule has 0 amide bonds. The van der Waals surface area contributed by atoms with Crippen LogP contribution < -0.4 is 11.6 Å². The molecular weight excluding hydrogens is 184 g/mol. The lowest BCUT2D eigenvalue weighted by Crippen LogP contribution is -2.48. The van der Waals surface area contributed by atoms with Gasteiger partial charge in [-0.25, -0.2) is 5.84 Å². The van der Waals surface area contributed by atoms with Crippen molar-refractivity contribution in [3.8, 4) is 0 Å². The highest BCUT2D eigenvalue weighted by Crippen LogP contribution is 2.07. The highest BCUT2D eigenvalue weighted by molar-refractivity contribution is 5.93. The maximum Gasteiger partial charge on any atom is 0.156 e. The lowest BCUT2D eigenvalue weighted by atomic mass is 10.4. The minimum absolute atomic E-state index is 0.143. The number of hydrogen-bond donors (Lipinski definition) is 3. The van der Waals surface area contributed by atoms with Gasteiger partial charge in [0, 0.05) is 19.2 Å². The molecule has 0 radical (unpaired) electrons. The fourth-order valence-electron chi connectivity index (χ4n) is 1.19. The molecule has 1 aliphatic rings. The smallest absolute Gasteiger partial charge is 0.156 e. The summed E-state index contributed by atoms with van der Waals surface area (Å²) in [5, 5.41) is 14.5. The standard InChI is InChI=1S/C7H16N6O/c1-3-11(4-2)7-5-6(8)12(14)13(9)10-7/h5,14H,3-4,8-9H2,1-2H3. The van der Waals surface area contributed by atoms with Crippen molar-refractivity contribution in [3.05, 3.63) is 11.9 Å². The van der Waals surface area contributed by atoms with Crippen molar-refractivity contribution in [3.63, 3.8) is 0 Å². The van der Waals surface area contributed by atoms with Crippen LogP contribution in [-0.2, 0) is 0 Å². The van der Waals surface area contributed by atoms with E-state index in [1.807, 2.05) is 18.7 Å². The molecule has 14 heavy (non-hydrogen) atoms. The van der Waals surface area contributed by atoms with Crippen LogP contribution in [-0.4, -0.2) is 39.4 Å². The van der Waals surface area contributed by atoms with Crippen LogP contribution in [0.15, 0.2) is 17.0 Å². The Morgan fingerprint density at radius 2 is 2.07 bits per heavy atom. The van der Waals surface area contributed by atoms with Crippen LogP contribution >= 0.6 is 0 Å². The van der Waals surface area contributed by atoms with Gasteiger partial charge in [0.05, 0.1) is 0 Å². The quantitative estimate of drug-likeness (QED) is 0.507. The van der Waals surface area contributed by atoms with E-state index in [1.165, 1.54) is 0 Å². The van der Waals surface area contributed by atoms with E-state index in [2.05, 4.69) is 5.10 Å². The van der Waals surface area contributed by atoms with Crippen molar-refractivity contribution in [2.45, 2.75) is 13.8 Å². The number of hydrazone groups is 1. The van der Waals surface area contributed by atoms with E-state index in [4.69, 9.17) is 11.6 Å². The number of hydrazine groups is 2. The van der Waals surface area contributed by atoms with Crippen molar-refractivity contribution < 1.29 is 5.21 Å². The lowest BCUT2D eigenvalue weighted by molar-refractivity contribution is -0.223. The molecule has 7 nitrogen and oxygen atoms in total. The molecule has 0 atom stereocenters. The fourth-order valence-corrected chi connectivity index (χ4v) is 1.19. The maximum atomic E-state index is 9.21. The second-order valence-electron chi connectivity index (χ2n) is 2.81. The molecule has 0 aromatic rings. The number of hydrogen-bond acceptors (Lipinski definition) is 7. The predicted molar refractivity (Wildman–Crippen MR) is 52.3 cm³/mol. The van der Waals surface area contributed by atoms with E-state index in [1.54, 1.807) is 6.08 Å². The van der Waals surface area contributed by atoms with Crippen molar-refractivity contribution in [2.75, 3.05) is 13.1 Å². The molecule has 0 bridgehead atoms. The maximum absolute atomic E-state index is 9.21. The molecule has 0 spiro atoms. The van der Waals surface area contributed by atoms with Gasteiger partial charge in [0.2, 0.25) is 0 Å². The van der Waals surface area contributed by atoms with E-state index in [0.29, 0.717) is 11.0 Å². The second-order valence-corrected chi connectivity index (χ2v) is 2.81. The molecule has 0 unspecified atom stereocenters. The first-order valence-electron chi connectivity index (χ1n) is 4.44. The van der Waals surface area contributed by atoms with Gasteiger partial charge in [-0.05, 0) is 13.8 Å². The summed E-state index contributed by atoms with van der Waals surface area (Å²) in [5.41, 5.74) is 5.51. The van der Waals surface area contributed by atoms with Crippen LogP contribution in [0.3, 0.4) is 0 Å². The van der Waals surface area contributed by atoms with Crippen LogP contribution in [0, 0.1) is 0 Å². The molecule has 0 fully saturated rings. The third-order valence-electron chi connectivity index (χ3n) is 1.99. The molecule has 1 rings (SSSR count). The van der Waals surface area contributed by atoms with Crippen LogP contribution in [0.4, 0.5) is 0 Å². The average Bonchev–Trinajstić information content (AvgIpc) is 2.16. The molecule has 80 valence electrons. The Hall–Kier alpha value is -1.47. The lowest BCUT2D eigenvalue weighted by Gasteiger charge is -2.31. The monoisotopic (exact) mass is 200 g/mol. The minimum atomic E-state index is 0.143. The van der Waals surface area contributed by atoms with Gasteiger partial charge in [0.15, 0.2) is 11.7 Å². The van der Waals surface area contributed by atoms with Gasteiger partial charge in [-0.3, -0.25) is 5.21 Å². The molecule has 7 heteroatoms. The summed E-state index contributed by atoms with van der Waals surface area (Å²) >= 11 is 0. The Balaban J connectivity index is 2.85. The predicted octanol–water partition coefficient (Wildman–Crippen LogP) is -0.763. The van der Waals surface area contributed by atoms with Crippen molar-refractivity contribution in [1.82, 2.24) is 15.3 Å². The molecule has 1 aliphatic heterocycles. The first-order valence-corrected chi connectivity index (χ1v) is 4.44. The minimum Gasteiger partial charge on any atom is -0.382 e. The van der Waals surface area contributed by atoms with Gasteiger partial charge in [0.25, 0.3) is 0 Å². The molecule has 0 aromatic heterocycles. The summed E-state index contributed by atoms with van der Waals surface area (Å²) < 4.78 is 0. The number of rotatable bonds is 2. The highest BCUT2D eigenvalue weighted by atomic mass is 16.6. The van der Waals surface area contributed by atoms with Gasteiger partial charge < -0.3 is 10.6 Å². The fraction of sp³-hybridized carbons (Fsp3) is 0.571. The highest BCUT2D eigenvalue weighted by Gasteiger charge is 2.18. The normalized spacial score (nSPS) is 16.6. The first kappa shape index (κ1) is 10.6. The SMILES string of the molecule is CCN(CC)C1=NN(N)N(O)C(N)=C1. The molecule has 0 saturated carbocycles. The number of hydroxylamine groups is 1. The van der Waals surface area contributed by atoms with Gasteiger partial charge in [-0.2, -0.15) is 0 Å². The molecule has 1 heterocycles. The van der Waals surface area contributed by atoms with E-state index in [9.17, 15) is 5.21 Å². The van der Waals surface area contributed by atoms with E-state index >= 15 is 0 Å². The first-order chi connectivity index (χ1) is 6.60. The Bertz CT molecular complexity index is 259. The van der Waals surface area contributed by atoms with Crippen molar-refractivity contribution in [1.29, 1.82) is 0 Å². The van der Waals surface area contributed by atoms with Crippen LogP contribution in [0.25, 0.3) is 0 Å². The summed E-state index contributed by atoms with van der Waals surface area (Å²) in [6.45, 7) is 5.61. The zero-order chi connectivity index (χ0) is 10.7. The number of nitrogens with two attached hydrogens (primary N) is 2. The summed E-state index contributed by atoms with van der Waals surface area (Å²) in [4.78, 5) is 1.97. The zero-order valence-electron chi connectivity index (χ0n) is 8.38. The van der Waals surface area contributed by atoms with E-state index < -0.39 is 0 Å². The van der Waals surface area contributed by atoms with E-state index in [-0.39, 0.29) is 5.82 Å². The van der Waals surface area contributed by atoms with Gasteiger partial charge in [-0.1, -0.05) is 0 Å². The summed E-state index contributed by atoms with van der Waals surface area (Å²) in [6, 6.07) is 0. The zero-order valence-corrected chi connectivity index (χ0v) is 8.38. The van der Waals surface area contributed by atoms with Gasteiger partial charge in [-0.15, -0.1) is 15.5 Å². The van der Waals surface area contributed by atoms with Crippen LogP contribution in [0.2, 0.25) is 0 Å². The third kappa shape index (κ3) is 1.88. The topological polar surface area (TPSA) is 94.3 Å². The van der Waals surface area contributed by atoms with E-state index in [0.717, 1.165) is 18.3 Å². The number of likely N-dealkylation sites (N-methyl/N-ethyl adjacent to an activating group) is 1. The summed E-state index contributed by atoms with van der Waals surface area (Å²) in [6.07, 6.45) is 1.57. The second kappa shape index (κ2) is 4.16. The van der Waals surface area contributed by atoms with Gasteiger partial charge >= 0.3 is 0 Å². The van der Waals surface area contributed by atoms with Crippen molar-refractivity contribution >= 4 is 5.84 Å². The number of nitrogens with zero attached hydrogens (tertiary/aromatic N) is 4. The molecule has 0 aromatic carbocycles. The largest absolute Gasteiger partial charge is 0.382 e. The van der Waals surface area contributed by atoms with Crippen molar-refractivity contribution in [2.24, 2.45) is 16.7 Å². The molecular formula is C7H16N6O. The Kier molecular flexibility index (Phi) is 3.15. The molecule has 0 saturated heterocycles. The summed E-state index contributed by atoms with van der Waals surface area (Å²) in [5.74, 6) is 6.16. The molecule has 5 N–H and O–H groups in total. The van der Waals surface area contributed by atoms with Crippen LogP contribution in [0.5, 0.6) is 0 Å². The molecule has 0 aliphatic carbocycles. The Morgan fingerprint density at radius 3 is 2.50 bits per heavy atom. The van der Waals surface area contributed by atoms with Crippen LogP contribution in [0.1, 0.15) is 13.8 Å². The third-order valence-corrected chi connectivity index (χ3v) is 1.99. The number of amidine groups is 1. The van der Waals surface area contributed by atoms with Gasteiger partial charge in [0.1, 0.15) is 0 Å². The Labute approximate surface area is 82.7 Å². The summed E-state index contributed by atoms with van der Waals surface area (Å²) in [7, 11) is 0.